The molecule has 1 saturated carbocycles. The van der Waals surface area contributed by atoms with Gasteiger partial charge in [-0.15, -0.1) is 11.8 Å². The van der Waals surface area contributed by atoms with Crippen LogP contribution in [0, 0.1) is 0 Å². The molecule has 142 valence electrons. The maximum Gasteiger partial charge on any atom is 0.223 e. The van der Waals surface area contributed by atoms with Gasteiger partial charge in [-0.1, -0.05) is 25.0 Å². The van der Waals surface area contributed by atoms with Crippen LogP contribution in [0.2, 0.25) is 0 Å². The monoisotopic (exact) mass is 377 g/mol. The number of amides is 2. The Hall–Kier alpha value is -1.73. The number of nitrogens with one attached hydrogen (secondary N) is 3. The molecule has 6 nitrogen and oxygen atoms in total. The van der Waals surface area contributed by atoms with Crippen molar-refractivity contribution in [1.29, 1.82) is 0 Å². The van der Waals surface area contributed by atoms with Crippen LogP contribution in [0.25, 0.3) is 0 Å². The maximum absolute atomic E-state index is 12.2. The van der Waals surface area contributed by atoms with Gasteiger partial charge in [0, 0.05) is 30.7 Å². The highest BCUT2D eigenvalue weighted by Crippen LogP contribution is 2.22. The van der Waals surface area contributed by atoms with Crippen LogP contribution in [0.1, 0.15) is 44.1 Å². The van der Waals surface area contributed by atoms with Crippen LogP contribution in [0.3, 0.4) is 0 Å². The molecular weight excluding hydrogens is 350 g/mol. The summed E-state index contributed by atoms with van der Waals surface area (Å²) in [5, 5.41) is 9.41. The number of hydrogen-bond donors (Lipinski definition) is 3. The SMILES string of the molecule is COc1cccc(CSC2NC(=O)CC(CC(=O)NC3CCCC3)N2)c1. The Kier molecular flexibility index (Phi) is 6.80. The zero-order valence-electron chi connectivity index (χ0n) is 15.1. The van der Waals surface area contributed by atoms with E-state index in [1.807, 2.05) is 24.3 Å². The maximum atomic E-state index is 12.2. The first-order valence-corrected chi connectivity index (χ1v) is 10.3. The lowest BCUT2D eigenvalue weighted by molar-refractivity contribution is -0.125. The third kappa shape index (κ3) is 5.64. The molecule has 0 bridgehead atoms. The van der Waals surface area contributed by atoms with E-state index in [-0.39, 0.29) is 23.4 Å². The fourth-order valence-corrected chi connectivity index (χ4v) is 4.53. The van der Waals surface area contributed by atoms with Gasteiger partial charge in [0.2, 0.25) is 11.8 Å². The molecular formula is C19H27N3O3S. The van der Waals surface area contributed by atoms with Gasteiger partial charge in [0.05, 0.1) is 7.11 Å². The first-order valence-electron chi connectivity index (χ1n) is 9.21. The molecule has 1 heterocycles. The summed E-state index contributed by atoms with van der Waals surface area (Å²) in [6.07, 6.45) is 5.22. The van der Waals surface area contributed by atoms with E-state index in [1.54, 1.807) is 18.9 Å². The van der Waals surface area contributed by atoms with Crippen LogP contribution in [0.4, 0.5) is 0 Å². The normalized spacial score (nSPS) is 23.5. The zero-order chi connectivity index (χ0) is 18.4. The highest BCUT2D eigenvalue weighted by molar-refractivity contribution is 7.99. The first-order chi connectivity index (χ1) is 12.6. The summed E-state index contributed by atoms with van der Waals surface area (Å²) in [4.78, 5) is 24.2. The molecule has 3 rings (SSSR count). The van der Waals surface area contributed by atoms with E-state index in [0.29, 0.717) is 18.9 Å². The summed E-state index contributed by atoms with van der Waals surface area (Å²) < 4.78 is 5.24. The van der Waals surface area contributed by atoms with Crippen molar-refractivity contribution in [3.05, 3.63) is 29.8 Å². The number of thioether (sulfide) groups is 1. The van der Waals surface area contributed by atoms with Gasteiger partial charge in [-0.2, -0.15) is 0 Å². The quantitative estimate of drug-likeness (QED) is 0.678. The predicted molar refractivity (Wildman–Crippen MR) is 103 cm³/mol. The van der Waals surface area contributed by atoms with Crippen molar-refractivity contribution in [3.8, 4) is 5.75 Å². The molecule has 2 unspecified atom stereocenters. The molecule has 3 N–H and O–H groups in total. The average Bonchev–Trinajstić information content (AvgIpc) is 3.12. The molecule has 7 heteroatoms. The van der Waals surface area contributed by atoms with E-state index in [9.17, 15) is 9.59 Å². The average molecular weight is 378 g/mol. The first kappa shape index (κ1) is 19.0. The minimum Gasteiger partial charge on any atom is -0.497 e. The second kappa shape index (κ2) is 9.28. The fraction of sp³-hybridized carbons (Fsp3) is 0.579. The van der Waals surface area contributed by atoms with Crippen LogP contribution >= 0.6 is 11.8 Å². The van der Waals surface area contributed by atoms with Crippen LogP contribution in [-0.4, -0.2) is 36.5 Å². The second-order valence-electron chi connectivity index (χ2n) is 6.93. The van der Waals surface area contributed by atoms with Gasteiger partial charge in [-0.3, -0.25) is 14.9 Å². The van der Waals surface area contributed by atoms with Crippen molar-refractivity contribution in [2.45, 2.75) is 61.9 Å². The number of methoxy groups -OCH3 is 1. The van der Waals surface area contributed by atoms with E-state index in [4.69, 9.17) is 4.74 Å². The zero-order valence-corrected chi connectivity index (χ0v) is 15.9. The minimum absolute atomic E-state index is 0.00874. The summed E-state index contributed by atoms with van der Waals surface area (Å²) in [6, 6.07) is 8.09. The van der Waals surface area contributed by atoms with E-state index >= 15 is 0 Å². The fourth-order valence-electron chi connectivity index (χ4n) is 3.49. The van der Waals surface area contributed by atoms with E-state index in [0.717, 1.165) is 29.9 Å². The summed E-state index contributed by atoms with van der Waals surface area (Å²) in [7, 11) is 1.65. The molecule has 2 atom stereocenters. The standard InChI is InChI=1S/C19H27N3O3S/c1-25-16-8-4-5-13(9-16)12-26-19-21-15(11-18(24)22-19)10-17(23)20-14-6-2-3-7-14/h4-5,8-9,14-15,19,21H,2-3,6-7,10-12H2,1H3,(H,20,23)(H,22,24). The molecule has 0 spiro atoms. The van der Waals surface area contributed by atoms with Crippen LogP contribution in [0.15, 0.2) is 24.3 Å². The van der Waals surface area contributed by atoms with Crippen molar-refractivity contribution in [3.63, 3.8) is 0 Å². The van der Waals surface area contributed by atoms with Crippen LogP contribution in [-0.2, 0) is 15.3 Å². The molecule has 1 aromatic carbocycles. The Bertz CT molecular complexity index is 634. The molecule has 0 aromatic heterocycles. The number of hydrogen-bond acceptors (Lipinski definition) is 5. The van der Waals surface area contributed by atoms with Crippen molar-refractivity contribution >= 4 is 23.6 Å². The summed E-state index contributed by atoms with van der Waals surface area (Å²) in [6.45, 7) is 0. The number of carbonyl (C=O) groups is 2. The topological polar surface area (TPSA) is 79.5 Å². The van der Waals surface area contributed by atoms with Crippen LogP contribution < -0.4 is 20.7 Å². The Morgan fingerprint density at radius 2 is 2.15 bits per heavy atom. The van der Waals surface area contributed by atoms with Gasteiger partial charge in [0.1, 0.15) is 11.2 Å². The molecule has 26 heavy (non-hydrogen) atoms. The molecule has 1 aromatic rings. The number of carbonyl (C=O) groups excluding carboxylic acids is 2. The van der Waals surface area contributed by atoms with Crippen molar-refractivity contribution in [1.82, 2.24) is 16.0 Å². The van der Waals surface area contributed by atoms with Gasteiger partial charge >= 0.3 is 0 Å². The number of rotatable bonds is 7. The predicted octanol–water partition coefficient (Wildman–Crippen LogP) is 2.14. The minimum atomic E-state index is -0.188. The molecule has 1 saturated heterocycles. The lowest BCUT2D eigenvalue weighted by Crippen LogP contribution is -2.55. The number of benzene rings is 1. The largest absolute Gasteiger partial charge is 0.497 e. The Morgan fingerprint density at radius 3 is 2.92 bits per heavy atom. The Morgan fingerprint density at radius 1 is 1.35 bits per heavy atom. The van der Waals surface area contributed by atoms with Gasteiger partial charge in [0.15, 0.2) is 0 Å². The lowest BCUT2D eigenvalue weighted by Gasteiger charge is -2.31. The molecule has 1 aliphatic carbocycles. The van der Waals surface area contributed by atoms with E-state index < -0.39 is 0 Å². The third-order valence-corrected chi connectivity index (χ3v) is 5.90. The summed E-state index contributed by atoms with van der Waals surface area (Å²) >= 11 is 1.61. The molecule has 0 radical (unpaired) electrons. The van der Waals surface area contributed by atoms with Gasteiger partial charge in [-0.05, 0) is 30.5 Å². The number of ether oxygens (including phenoxy) is 1. The van der Waals surface area contributed by atoms with Gasteiger partial charge in [0.25, 0.3) is 0 Å². The summed E-state index contributed by atoms with van der Waals surface area (Å²) in [5.41, 5.74) is 0.943. The smallest absolute Gasteiger partial charge is 0.223 e. The lowest BCUT2D eigenvalue weighted by atomic mass is 10.1. The Labute approximate surface area is 158 Å². The summed E-state index contributed by atoms with van der Waals surface area (Å²) in [5.74, 6) is 1.60. The highest BCUT2D eigenvalue weighted by atomic mass is 32.2. The third-order valence-electron chi connectivity index (χ3n) is 4.81. The van der Waals surface area contributed by atoms with Gasteiger partial charge < -0.3 is 15.4 Å². The molecule has 2 aliphatic rings. The van der Waals surface area contributed by atoms with Gasteiger partial charge in [-0.25, -0.2) is 0 Å². The van der Waals surface area contributed by atoms with Crippen LogP contribution in [0.5, 0.6) is 5.75 Å². The van der Waals surface area contributed by atoms with Crippen molar-refractivity contribution in [2.75, 3.05) is 7.11 Å². The second-order valence-corrected chi connectivity index (χ2v) is 8.02. The highest BCUT2D eigenvalue weighted by Gasteiger charge is 2.28. The molecule has 2 fully saturated rings. The van der Waals surface area contributed by atoms with E-state index in [1.165, 1.54) is 12.8 Å². The molecule has 2 amide bonds. The van der Waals surface area contributed by atoms with E-state index in [2.05, 4.69) is 16.0 Å². The van der Waals surface area contributed by atoms with Crippen molar-refractivity contribution in [2.24, 2.45) is 0 Å². The Balaban J connectivity index is 1.47. The van der Waals surface area contributed by atoms with Crippen molar-refractivity contribution < 1.29 is 14.3 Å². The molecule has 1 aliphatic heterocycles.